The molecule has 0 aromatic rings. The van der Waals surface area contributed by atoms with E-state index >= 15 is 0 Å². The van der Waals surface area contributed by atoms with E-state index in [4.69, 9.17) is 18.4 Å². The molecule has 0 amide bonds. The van der Waals surface area contributed by atoms with Gasteiger partial charge in [0.2, 0.25) is 0 Å². The number of hydrogen-bond acceptors (Lipinski definition) is 12. The van der Waals surface area contributed by atoms with Gasteiger partial charge in [-0.25, -0.2) is 4.79 Å². The molecule has 4 aliphatic rings. The number of carbonyl (C=O) groups excluding carboxylic acids is 4. The smallest absolute Gasteiger partial charge is 0.450 e. The van der Waals surface area contributed by atoms with Crippen molar-refractivity contribution in [2.45, 2.75) is 83.4 Å². The molecule has 3 aliphatic carbocycles. The van der Waals surface area contributed by atoms with Crippen LogP contribution in [0, 0.1) is 16.7 Å². The summed E-state index contributed by atoms with van der Waals surface area (Å²) in [5, 5.41) is 22.4. The van der Waals surface area contributed by atoms with Gasteiger partial charge in [0.1, 0.15) is 11.7 Å². The summed E-state index contributed by atoms with van der Waals surface area (Å²) in [6.07, 6.45) is -5.57. The zero-order chi connectivity index (χ0) is 27.9. The van der Waals surface area contributed by atoms with Crippen LogP contribution in [0.2, 0.25) is 0 Å². The number of esters is 1. The Morgan fingerprint density at radius 3 is 2.35 bits per heavy atom. The first-order valence-corrected chi connectivity index (χ1v) is 13.7. The van der Waals surface area contributed by atoms with Crippen LogP contribution in [0.25, 0.3) is 0 Å². The van der Waals surface area contributed by atoms with E-state index in [-0.39, 0.29) is 30.4 Å². The first kappa shape index (κ1) is 27.7. The van der Waals surface area contributed by atoms with E-state index in [1.54, 1.807) is 13.8 Å². The number of aliphatic hydroxyl groups excluding tert-OH is 1. The predicted octanol–water partition coefficient (Wildman–Crippen LogP) is 0.575. The number of rotatable bonds is 4. The highest BCUT2D eigenvalue weighted by atomic mass is 32.2. The van der Waals surface area contributed by atoms with Crippen molar-refractivity contribution in [1.82, 2.24) is 0 Å². The summed E-state index contributed by atoms with van der Waals surface area (Å²) in [6.45, 7) is 6.25. The maximum Gasteiger partial charge on any atom is 0.509 e. The van der Waals surface area contributed by atoms with Crippen LogP contribution < -0.4 is 0 Å². The maximum absolute atomic E-state index is 14.3. The van der Waals surface area contributed by atoms with Gasteiger partial charge in [0.25, 0.3) is 10.1 Å². The Morgan fingerprint density at radius 2 is 1.81 bits per heavy atom. The van der Waals surface area contributed by atoms with Gasteiger partial charge in [0.15, 0.2) is 29.4 Å². The van der Waals surface area contributed by atoms with Crippen molar-refractivity contribution >= 4 is 33.8 Å². The zero-order valence-electron chi connectivity index (χ0n) is 21.5. The van der Waals surface area contributed by atoms with Gasteiger partial charge in [0.05, 0.1) is 19.3 Å². The Bertz CT molecular complexity index is 1220. The summed E-state index contributed by atoms with van der Waals surface area (Å²) in [7, 11) is -4.14. The lowest BCUT2D eigenvalue weighted by Crippen LogP contribution is -2.74. The molecule has 206 valence electrons. The van der Waals surface area contributed by atoms with Crippen molar-refractivity contribution in [3.05, 3.63) is 11.1 Å². The van der Waals surface area contributed by atoms with Gasteiger partial charge in [-0.1, -0.05) is 20.8 Å². The molecule has 3 fully saturated rings. The van der Waals surface area contributed by atoms with Crippen LogP contribution in [-0.2, 0) is 42.9 Å². The Hall–Kier alpha value is -2.35. The molecule has 2 N–H and O–H groups in total. The van der Waals surface area contributed by atoms with Crippen LogP contribution >= 0.6 is 0 Å². The molecule has 2 bridgehead atoms. The maximum atomic E-state index is 14.3. The van der Waals surface area contributed by atoms with E-state index in [1.165, 1.54) is 13.8 Å². The molecular weight excluding hydrogens is 512 g/mol. The van der Waals surface area contributed by atoms with Crippen LogP contribution in [0.3, 0.4) is 0 Å². The SMILES string of the molecule is CC(=O)O[C@H]1C(=O)[C@]2(C)CC[C@H](OS(C)(=O)=O)[C@@](O)(CO)[C@H]2[C@@H]2OC(=O)O[C@]23CC(=O)C(C)=C1C3(C)C. The van der Waals surface area contributed by atoms with Gasteiger partial charge in [-0.15, -0.1) is 0 Å². The molecule has 1 saturated heterocycles. The summed E-state index contributed by atoms with van der Waals surface area (Å²) < 4.78 is 46.1. The molecule has 13 heteroatoms. The number of carbonyl (C=O) groups is 4. The molecule has 12 nitrogen and oxygen atoms in total. The molecular formula is C24H32O12S. The average molecular weight is 545 g/mol. The number of Topliss-reactive ketones (excluding diaryl/α,β-unsaturated/α-hetero) is 2. The molecule has 4 rings (SSSR count). The lowest BCUT2D eigenvalue weighted by atomic mass is 9.46. The van der Waals surface area contributed by atoms with Crippen LogP contribution in [0.1, 0.15) is 53.9 Å². The molecule has 37 heavy (non-hydrogen) atoms. The molecule has 1 heterocycles. The van der Waals surface area contributed by atoms with E-state index in [9.17, 15) is 37.8 Å². The van der Waals surface area contributed by atoms with Crippen molar-refractivity contribution in [3.63, 3.8) is 0 Å². The average Bonchev–Trinajstić information content (AvgIpc) is 3.08. The van der Waals surface area contributed by atoms with Crippen LogP contribution in [-0.4, -0.2) is 84.7 Å². The van der Waals surface area contributed by atoms with Crippen molar-refractivity contribution in [3.8, 4) is 0 Å². The second-order valence-corrected chi connectivity index (χ2v) is 12.9. The molecule has 0 aromatic carbocycles. The monoisotopic (exact) mass is 544 g/mol. The second kappa shape index (κ2) is 8.32. The first-order chi connectivity index (χ1) is 16.9. The second-order valence-electron chi connectivity index (χ2n) is 11.3. The van der Waals surface area contributed by atoms with Gasteiger partial charge < -0.3 is 24.4 Å². The topological polar surface area (TPSA) is 180 Å². The normalized spacial score (nSPS) is 41.1. The number of aliphatic hydroxyl groups is 2. The summed E-state index contributed by atoms with van der Waals surface area (Å²) in [5.41, 5.74) is -6.84. The zero-order valence-corrected chi connectivity index (χ0v) is 22.3. The minimum absolute atomic E-state index is 0.0818. The number of fused-ring (bicyclic) bond motifs is 3. The number of ketones is 2. The Morgan fingerprint density at radius 1 is 1.19 bits per heavy atom. The molecule has 1 spiro atoms. The third-order valence-corrected chi connectivity index (χ3v) is 9.41. The van der Waals surface area contributed by atoms with E-state index < -0.39 is 86.7 Å². The number of allylic oxidation sites excluding steroid dienone is 1. The van der Waals surface area contributed by atoms with Gasteiger partial charge in [-0.2, -0.15) is 8.42 Å². The molecule has 0 radical (unpaired) electrons. The van der Waals surface area contributed by atoms with Gasteiger partial charge in [0, 0.05) is 23.7 Å². The molecule has 1 aliphatic heterocycles. The van der Waals surface area contributed by atoms with Gasteiger partial charge >= 0.3 is 12.1 Å². The van der Waals surface area contributed by atoms with Crippen molar-refractivity contribution < 1.29 is 56.2 Å². The fraction of sp³-hybridized carbons (Fsp3) is 0.750. The fourth-order valence-electron chi connectivity index (χ4n) is 7.06. The summed E-state index contributed by atoms with van der Waals surface area (Å²) >= 11 is 0. The van der Waals surface area contributed by atoms with E-state index in [0.29, 0.717) is 0 Å². The van der Waals surface area contributed by atoms with Crippen LogP contribution in [0.4, 0.5) is 4.79 Å². The lowest BCUT2D eigenvalue weighted by molar-refractivity contribution is -0.236. The van der Waals surface area contributed by atoms with Crippen molar-refractivity contribution in [1.29, 1.82) is 0 Å². The summed E-state index contributed by atoms with van der Waals surface area (Å²) in [4.78, 5) is 52.5. The predicted molar refractivity (Wildman–Crippen MR) is 123 cm³/mol. The van der Waals surface area contributed by atoms with Crippen molar-refractivity contribution in [2.75, 3.05) is 12.9 Å². The molecule has 2 saturated carbocycles. The number of ether oxygens (including phenoxy) is 3. The van der Waals surface area contributed by atoms with E-state index in [1.807, 2.05) is 0 Å². The highest BCUT2D eigenvalue weighted by molar-refractivity contribution is 7.86. The van der Waals surface area contributed by atoms with Gasteiger partial charge in [-0.3, -0.25) is 18.6 Å². The molecule has 0 aromatic heterocycles. The summed E-state index contributed by atoms with van der Waals surface area (Å²) in [5.74, 6) is -3.48. The highest BCUT2D eigenvalue weighted by Gasteiger charge is 2.76. The van der Waals surface area contributed by atoms with E-state index in [2.05, 4.69) is 0 Å². The molecule has 0 unspecified atom stereocenters. The third-order valence-electron chi connectivity index (χ3n) is 8.83. The minimum Gasteiger partial charge on any atom is -0.450 e. The van der Waals surface area contributed by atoms with Crippen molar-refractivity contribution in [2.24, 2.45) is 16.7 Å². The quantitative estimate of drug-likeness (QED) is 0.372. The standard InChI is InChI=1S/C24H32O12S/c1-11-13(27)9-24-19(34-20(29)35-24)17-22(5,8-7-14(23(17,30)10-25)36-37(6,31)32)18(28)16(33-12(2)26)15(11)21(24,3)4/h14,16-17,19,25,30H,7-10H2,1-6H3/t14-,16+,17-,19-,22+,23-,24+/m0/s1. The Labute approximate surface area is 214 Å². The molecule has 7 atom stereocenters. The summed E-state index contributed by atoms with van der Waals surface area (Å²) in [6, 6.07) is 0. The fourth-order valence-corrected chi connectivity index (χ4v) is 7.75. The Balaban J connectivity index is 2.07. The first-order valence-electron chi connectivity index (χ1n) is 11.9. The minimum atomic E-state index is -4.14. The van der Waals surface area contributed by atoms with Crippen LogP contribution in [0.5, 0.6) is 0 Å². The van der Waals surface area contributed by atoms with E-state index in [0.717, 1.165) is 13.2 Å². The lowest BCUT2D eigenvalue weighted by Gasteiger charge is -2.60. The highest BCUT2D eigenvalue weighted by Crippen LogP contribution is 2.64. The third kappa shape index (κ3) is 3.76. The number of hydrogen-bond donors (Lipinski definition) is 2. The van der Waals surface area contributed by atoms with Crippen LogP contribution in [0.15, 0.2) is 11.1 Å². The largest absolute Gasteiger partial charge is 0.509 e. The van der Waals surface area contributed by atoms with Gasteiger partial charge in [-0.05, 0) is 30.9 Å². The Kier molecular flexibility index (Phi) is 6.23.